The SMILES string of the molecule is CC(C)C(C)(CN)Cc1ccco1. The summed E-state index contributed by atoms with van der Waals surface area (Å²) in [4.78, 5) is 0. The summed E-state index contributed by atoms with van der Waals surface area (Å²) in [5, 5.41) is 0. The Hall–Kier alpha value is -0.760. The van der Waals surface area contributed by atoms with Crippen molar-refractivity contribution in [2.24, 2.45) is 17.1 Å². The smallest absolute Gasteiger partial charge is 0.104 e. The van der Waals surface area contributed by atoms with Crippen LogP contribution in [0.4, 0.5) is 0 Å². The molecule has 2 nitrogen and oxygen atoms in total. The van der Waals surface area contributed by atoms with E-state index in [0.717, 1.165) is 12.2 Å². The highest BCUT2D eigenvalue weighted by Crippen LogP contribution is 2.30. The molecule has 1 heterocycles. The first kappa shape index (κ1) is 10.3. The van der Waals surface area contributed by atoms with Gasteiger partial charge in [-0.25, -0.2) is 0 Å². The summed E-state index contributed by atoms with van der Waals surface area (Å²) in [5.74, 6) is 1.60. The van der Waals surface area contributed by atoms with Crippen molar-refractivity contribution in [2.45, 2.75) is 27.2 Å². The van der Waals surface area contributed by atoms with Crippen LogP contribution < -0.4 is 5.73 Å². The van der Waals surface area contributed by atoms with Crippen molar-refractivity contribution in [1.29, 1.82) is 0 Å². The van der Waals surface area contributed by atoms with Crippen molar-refractivity contribution in [3.63, 3.8) is 0 Å². The van der Waals surface area contributed by atoms with Gasteiger partial charge in [-0.05, 0) is 30.0 Å². The van der Waals surface area contributed by atoms with E-state index in [1.165, 1.54) is 0 Å². The van der Waals surface area contributed by atoms with Crippen molar-refractivity contribution in [1.82, 2.24) is 0 Å². The summed E-state index contributed by atoms with van der Waals surface area (Å²) in [7, 11) is 0. The third-order valence-corrected chi connectivity index (χ3v) is 3.02. The number of nitrogens with two attached hydrogens (primary N) is 1. The molecule has 0 saturated heterocycles. The molecule has 0 saturated carbocycles. The maximum Gasteiger partial charge on any atom is 0.104 e. The van der Waals surface area contributed by atoms with Gasteiger partial charge >= 0.3 is 0 Å². The van der Waals surface area contributed by atoms with Gasteiger partial charge in [0.15, 0.2) is 0 Å². The van der Waals surface area contributed by atoms with Crippen LogP contribution in [0.5, 0.6) is 0 Å². The molecule has 0 bridgehead atoms. The second-order valence-corrected chi connectivity index (χ2v) is 4.27. The average Bonchev–Trinajstić information content (AvgIpc) is 2.56. The molecule has 2 N–H and O–H groups in total. The molecule has 1 atom stereocenters. The Morgan fingerprint density at radius 3 is 2.62 bits per heavy atom. The molecule has 2 heteroatoms. The predicted octanol–water partition coefficient (Wildman–Crippen LogP) is 2.44. The van der Waals surface area contributed by atoms with Gasteiger partial charge in [0, 0.05) is 6.42 Å². The normalized spacial score (nSPS) is 16.1. The topological polar surface area (TPSA) is 39.2 Å². The first-order valence-corrected chi connectivity index (χ1v) is 4.81. The number of furan rings is 1. The molecule has 0 fully saturated rings. The van der Waals surface area contributed by atoms with Crippen LogP contribution >= 0.6 is 0 Å². The quantitative estimate of drug-likeness (QED) is 0.775. The van der Waals surface area contributed by atoms with Crippen LogP contribution in [0.15, 0.2) is 22.8 Å². The summed E-state index contributed by atoms with van der Waals surface area (Å²) < 4.78 is 5.33. The van der Waals surface area contributed by atoms with E-state index in [1.54, 1.807) is 6.26 Å². The summed E-state index contributed by atoms with van der Waals surface area (Å²) in [6.45, 7) is 7.32. The Bertz CT molecular complexity index is 241. The van der Waals surface area contributed by atoms with Gasteiger partial charge in [0.2, 0.25) is 0 Å². The first-order chi connectivity index (χ1) is 6.08. The van der Waals surface area contributed by atoms with Gasteiger partial charge in [-0.15, -0.1) is 0 Å². The van der Waals surface area contributed by atoms with Gasteiger partial charge in [-0.2, -0.15) is 0 Å². The fraction of sp³-hybridized carbons (Fsp3) is 0.636. The molecular weight excluding hydrogens is 162 g/mol. The molecule has 0 aliphatic heterocycles. The molecule has 1 unspecified atom stereocenters. The van der Waals surface area contributed by atoms with E-state index in [1.807, 2.05) is 12.1 Å². The van der Waals surface area contributed by atoms with E-state index in [2.05, 4.69) is 20.8 Å². The van der Waals surface area contributed by atoms with E-state index in [4.69, 9.17) is 10.2 Å². The average molecular weight is 181 g/mol. The molecule has 0 aromatic carbocycles. The van der Waals surface area contributed by atoms with Gasteiger partial charge in [-0.1, -0.05) is 20.8 Å². The maximum absolute atomic E-state index is 5.78. The van der Waals surface area contributed by atoms with Crippen molar-refractivity contribution in [2.75, 3.05) is 6.54 Å². The lowest BCUT2D eigenvalue weighted by Gasteiger charge is -2.31. The monoisotopic (exact) mass is 181 g/mol. The van der Waals surface area contributed by atoms with Crippen molar-refractivity contribution >= 4 is 0 Å². The largest absolute Gasteiger partial charge is 0.469 e. The van der Waals surface area contributed by atoms with E-state index in [-0.39, 0.29) is 5.41 Å². The molecule has 0 amide bonds. The molecule has 13 heavy (non-hydrogen) atoms. The number of rotatable bonds is 4. The molecule has 74 valence electrons. The Kier molecular flexibility index (Phi) is 3.15. The molecule has 1 aromatic rings. The second-order valence-electron chi connectivity index (χ2n) is 4.27. The van der Waals surface area contributed by atoms with Crippen LogP contribution in [-0.4, -0.2) is 6.54 Å². The molecule has 1 rings (SSSR count). The minimum Gasteiger partial charge on any atom is -0.469 e. The fourth-order valence-corrected chi connectivity index (χ4v) is 1.32. The van der Waals surface area contributed by atoms with Gasteiger partial charge in [0.05, 0.1) is 6.26 Å². The molecule has 0 spiro atoms. The van der Waals surface area contributed by atoms with Crippen molar-refractivity contribution < 1.29 is 4.42 Å². The Morgan fingerprint density at radius 2 is 2.23 bits per heavy atom. The zero-order valence-corrected chi connectivity index (χ0v) is 8.71. The zero-order chi connectivity index (χ0) is 9.90. The fourth-order valence-electron chi connectivity index (χ4n) is 1.32. The summed E-state index contributed by atoms with van der Waals surface area (Å²) >= 11 is 0. The van der Waals surface area contributed by atoms with Crippen LogP contribution in [0.3, 0.4) is 0 Å². The summed E-state index contributed by atoms with van der Waals surface area (Å²) in [6.07, 6.45) is 2.64. The lowest BCUT2D eigenvalue weighted by Crippen LogP contribution is -2.34. The van der Waals surface area contributed by atoms with Crippen LogP contribution in [0.25, 0.3) is 0 Å². The Morgan fingerprint density at radius 1 is 1.54 bits per heavy atom. The second kappa shape index (κ2) is 3.97. The lowest BCUT2D eigenvalue weighted by atomic mass is 9.76. The Labute approximate surface area is 80.1 Å². The van der Waals surface area contributed by atoms with Gasteiger partial charge in [0.25, 0.3) is 0 Å². The van der Waals surface area contributed by atoms with E-state index < -0.39 is 0 Å². The minimum atomic E-state index is 0.151. The number of hydrogen-bond acceptors (Lipinski definition) is 2. The molecule has 0 radical (unpaired) electrons. The third kappa shape index (κ3) is 2.34. The van der Waals surface area contributed by atoms with Crippen LogP contribution in [0, 0.1) is 11.3 Å². The summed E-state index contributed by atoms with van der Waals surface area (Å²) in [6, 6.07) is 3.93. The molecule has 0 aliphatic carbocycles. The number of hydrogen-bond donors (Lipinski definition) is 1. The highest BCUT2D eigenvalue weighted by Gasteiger charge is 2.27. The molecular formula is C11H19NO. The highest BCUT2D eigenvalue weighted by molar-refractivity contribution is 5.02. The standard InChI is InChI=1S/C11H19NO/c1-9(2)11(3,8-12)7-10-5-4-6-13-10/h4-6,9H,7-8,12H2,1-3H3. The Balaban J connectivity index is 2.69. The summed E-state index contributed by atoms with van der Waals surface area (Å²) in [5.41, 5.74) is 5.93. The van der Waals surface area contributed by atoms with Crippen molar-refractivity contribution in [3.8, 4) is 0 Å². The highest BCUT2D eigenvalue weighted by atomic mass is 16.3. The van der Waals surface area contributed by atoms with E-state index in [0.29, 0.717) is 12.5 Å². The first-order valence-electron chi connectivity index (χ1n) is 4.81. The maximum atomic E-state index is 5.78. The van der Waals surface area contributed by atoms with Gasteiger partial charge in [0.1, 0.15) is 5.76 Å². The van der Waals surface area contributed by atoms with Crippen LogP contribution in [0.1, 0.15) is 26.5 Å². The molecule has 1 aromatic heterocycles. The van der Waals surface area contributed by atoms with Crippen molar-refractivity contribution in [3.05, 3.63) is 24.2 Å². The minimum absolute atomic E-state index is 0.151. The van der Waals surface area contributed by atoms with Gasteiger partial charge < -0.3 is 10.2 Å². The van der Waals surface area contributed by atoms with Gasteiger partial charge in [-0.3, -0.25) is 0 Å². The lowest BCUT2D eigenvalue weighted by molar-refractivity contribution is 0.212. The predicted molar refractivity (Wildman–Crippen MR) is 54.4 cm³/mol. The van der Waals surface area contributed by atoms with Crippen LogP contribution in [0.2, 0.25) is 0 Å². The van der Waals surface area contributed by atoms with Crippen LogP contribution in [-0.2, 0) is 6.42 Å². The van der Waals surface area contributed by atoms with E-state index >= 15 is 0 Å². The zero-order valence-electron chi connectivity index (χ0n) is 8.71. The van der Waals surface area contributed by atoms with E-state index in [9.17, 15) is 0 Å². The molecule has 0 aliphatic rings. The third-order valence-electron chi connectivity index (χ3n) is 3.02.